The summed E-state index contributed by atoms with van der Waals surface area (Å²) in [5.74, 6) is 0.0323. The molecule has 1 aliphatic carbocycles. The first-order chi connectivity index (χ1) is 6.33. The van der Waals surface area contributed by atoms with E-state index in [0.29, 0.717) is 25.6 Å². The van der Waals surface area contributed by atoms with Gasteiger partial charge in [-0.25, -0.2) is 0 Å². The van der Waals surface area contributed by atoms with Gasteiger partial charge in [0.15, 0.2) is 0 Å². The third-order valence-electron chi connectivity index (χ3n) is 1.92. The summed E-state index contributed by atoms with van der Waals surface area (Å²) in [6.07, 6.45) is 3.64. The fraction of sp³-hybridized carbons (Fsp3) is 0.778. The van der Waals surface area contributed by atoms with E-state index in [-0.39, 0.29) is 5.91 Å². The highest BCUT2D eigenvalue weighted by Crippen LogP contribution is 2.17. The van der Waals surface area contributed by atoms with E-state index >= 15 is 0 Å². The topological polar surface area (TPSA) is 64.9 Å². The van der Waals surface area contributed by atoms with Crippen molar-refractivity contribution in [2.75, 3.05) is 13.1 Å². The van der Waals surface area contributed by atoms with Crippen LogP contribution in [-0.2, 0) is 4.79 Å². The lowest BCUT2D eigenvalue weighted by Gasteiger charge is -2.03. The van der Waals surface area contributed by atoms with E-state index < -0.39 is 0 Å². The van der Waals surface area contributed by atoms with E-state index in [9.17, 15) is 4.79 Å². The van der Waals surface area contributed by atoms with Crippen molar-refractivity contribution in [2.45, 2.75) is 31.7 Å². The summed E-state index contributed by atoms with van der Waals surface area (Å²) in [5.41, 5.74) is 0. The number of nitrogens with zero attached hydrogens (tertiary/aromatic N) is 1. The maximum absolute atomic E-state index is 11.1. The molecule has 0 saturated heterocycles. The quantitative estimate of drug-likeness (QED) is 0.574. The van der Waals surface area contributed by atoms with Gasteiger partial charge in [0.2, 0.25) is 5.91 Å². The van der Waals surface area contributed by atoms with Crippen LogP contribution in [-0.4, -0.2) is 25.0 Å². The standard InChI is InChI=1S/C9H15N3O/c10-5-1-2-6-11-9(13)7-12-8-3-4-8/h8,12H,1-4,6-7H2,(H,11,13). The van der Waals surface area contributed by atoms with E-state index in [1.54, 1.807) is 0 Å². The highest BCUT2D eigenvalue weighted by atomic mass is 16.1. The first-order valence-corrected chi connectivity index (χ1v) is 4.70. The van der Waals surface area contributed by atoms with Gasteiger partial charge >= 0.3 is 0 Å². The summed E-state index contributed by atoms with van der Waals surface area (Å²) in [4.78, 5) is 11.1. The molecule has 1 rings (SSSR count). The molecule has 0 aromatic carbocycles. The van der Waals surface area contributed by atoms with Gasteiger partial charge < -0.3 is 10.6 Å². The Hall–Kier alpha value is -1.08. The van der Waals surface area contributed by atoms with Gasteiger partial charge in [-0.1, -0.05) is 0 Å². The van der Waals surface area contributed by atoms with Gasteiger partial charge in [-0.15, -0.1) is 0 Å². The number of unbranched alkanes of at least 4 members (excludes halogenated alkanes) is 1. The Kier molecular flexibility index (Phi) is 4.27. The van der Waals surface area contributed by atoms with Crippen molar-refractivity contribution in [3.8, 4) is 6.07 Å². The molecular formula is C9H15N3O. The Bertz CT molecular complexity index is 205. The van der Waals surface area contributed by atoms with Crippen molar-refractivity contribution in [3.05, 3.63) is 0 Å². The molecule has 0 atom stereocenters. The van der Waals surface area contributed by atoms with Crippen LogP contribution in [0.1, 0.15) is 25.7 Å². The predicted molar refractivity (Wildman–Crippen MR) is 48.9 cm³/mol. The average molecular weight is 181 g/mol. The van der Waals surface area contributed by atoms with Crippen LogP contribution < -0.4 is 10.6 Å². The van der Waals surface area contributed by atoms with Gasteiger partial charge in [0.1, 0.15) is 0 Å². The number of nitrogens with one attached hydrogen (secondary N) is 2. The molecule has 0 unspecified atom stereocenters. The minimum atomic E-state index is 0.0323. The van der Waals surface area contributed by atoms with Gasteiger partial charge in [0, 0.05) is 19.0 Å². The van der Waals surface area contributed by atoms with E-state index in [1.165, 1.54) is 12.8 Å². The number of rotatable bonds is 6. The maximum atomic E-state index is 11.1. The molecule has 0 spiro atoms. The molecule has 1 amide bonds. The summed E-state index contributed by atoms with van der Waals surface area (Å²) in [5, 5.41) is 14.1. The van der Waals surface area contributed by atoms with Crippen LogP contribution in [0.2, 0.25) is 0 Å². The molecule has 1 fully saturated rings. The zero-order valence-corrected chi connectivity index (χ0v) is 7.68. The molecule has 0 aromatic rings. The monoisotopic (exact) mass is 181 g/mol. The largest absolute Gasteiger partial charge is 0.355 e. The molecule has 1 saturated carbocycles. The van der Waals surface area contributed by atoms with Crippen LogP contribution in [0.5, 0.6) is 0 Å². The molecule has 4 heteroatoms. The zero-order chi connectivity index (χ0) is 9.52. The van der Waals surface area contributed by atoms with E-state index in [4.69, 9.17) is 5.26 Å². The summed E-state index contributed by atoms with van der Waals surface area (Å²) < 4.78 is 0. The lowest BCUT2D eigenvalue weighted by Crippen LogP contribution is -2.35. The highest BCUT2D eigenvalue weighted by Gasteiger charge is 2.20. The zero-order valence-electron chi connectivity index (χ0n) is 7.68. The minimum absolute atomic E-state index is 0.0323. The first-order valence-electron chi connectivity index (χ1n) is 4.70. The number of nitriles is 1. The third-order valence-corrected chi connectivity index (χ3v) is 1.92. The molecule has 0 aliphatic heterocycles. The van der Waals surface area contributed by atoms with Crippen molar-refractivity contribution in [2.24, 2.45) is 0 Å². The molecule has 0 heterocycles. The maximum Gasteiger partial charge on any atom is 0.233 e. The Balaban J connectivity index is 1.88. The SMILES string of the molecule is N#CCCCNC(=O)CNC1CC1. The first kappa shape index (κ1) is 10.0. The third kappa shape index (κ3) is 5.21. The Morgan fingerprint density at radius 1 is 1.54 bits per heavy atom. The van der Waals surface area contributed by atoms with Gasteiger partial charge in [-0.05, 0) is 19.3 Å². The molecule has 13 heavy (non-hydrogen) atoms. The summed E-state index contributed by atoms with van der Waals surface area (Å²) in [7, 11) is 0. The molecular weight excluding hydrogens is 166 g/mol. The normalized spacial score (nSPS) is 15.0. The number of hydrogen-bond donors (Lipinski definition) is 2. The second-order valence-electron chi connectivity index (χ2n) is 3.27. The molecule has 1 aliphatic rings. The summed E-state index contributed by atoms with van der Waals surface area (Å²) in [6, 6.07) is 2.61. The van der Waals surface area contributed by atoms with Crippen molar-refractivity contribution >= 4 is 5.91 Å². The van der Waals surface area contributed by atoms with Crippen LogP contribution in [0.25, 0.3) is 0 Å². The number of hydrogen-bond acceptors (Lipinski definition) is 3. The average Bonchev–Trinajstić information content (AvgIpc) is 2.92. The van der Waals surface area contributed by atoms with Gasteiger partial charge in [-0.2, -0.15) is 5.26 Å². The van der Waals surface area contributed by atoms with E-state index in [1.807, 2.05) is 6.07 Å². The van der Waals surface area contributed by atoms with Gasteiger partial charge in [0.25, 0.3) is 0 Å². The Morgan fingerprint density at radius 3 is 2.92 bits per heavy atom. The van der Waals surface area contributed by atoms with E-state index in [0.717, 1.165) is 6.42 Å². The van der Waals surface area contributed by atoms with Gasteiger partial charge in [-0.3, -0.25) is 4.79 Å². The van der Waals surface area contributed by atoms with Crippen molar-refractivity contribution in [3.63, 3.8) is 0 Å². The van der Waals surface area contributed by atoms with E-state index in [2.05, 4.69) is 10.6 Å². The Morgan fingerprint density at radius 2 is 2.31 bits per heavy atom. The summed E-state index contributed by atoms with van der Waals surface area (Å²) in [6.45, 7) is 1.02. The molecule has 72 valence electrons. The minimum Gasteiger partial charge on any atom is -0.355 e. The second kappa shape index (κ2) is 5.55. The van der Waals surface area contributed by atoms with Crippen molar-refractivity contribution < 1.29 is 4.79 Å². The Labute approximate surface area is 78.3 Å². The number of amides is 1. The molecule has 0 aromatic heterocycles. The fourth-order valence-electron chi connectivity index (χ4n) is 0.982. The highest BCUT2D eigenvalue weighted by molar-refractivity contribution is 5.78. The van der Waals surface area contributed by atoms with Crippen LogP contribution in [0, 0.1) is 11.3 Å². The number of carbonyl (C=O) groups is 1. The van der Waals surface area contributed by atoms with Crippen molar-refractivity contribution in [1.82, 2.24) is 10.6 Å². The number of carbonyl (C=O) groups excluding carboxylic acids is 1. The van der Waals surface area contributed by atoms with Crippen LogP contribution >= 0.6 is 0 Å². The van der Waals surface area contributed by atoms with Gasteiger partial charge in [0.05, 0.1) is 12.6 Å². The predicted octanol–water partition coefficient (Wildman–Crippen LogP) is 0.158. The van der Waals surface area contributed by atoms with Crippen molar-refractivity contribution in [1.29, 1.82) is 5.26 Å². The molecule has 2 N–H and O–H groups in total. The lowest BCUT2D eigenvalue weighted by atomic mass is 10.3. The molecule has 4 nitrogen and oxygen atoms in total. The fourth-order valence-corrected chi connectivity index (χ4v) is 0.982. The smallest absolute Gasteiger partial charge is 0.233 e. The lowest BCUT2D eigenvalue weighted by molar-refractivity contribution is -0.120. The van der Waals surface area contributed by atoms with Crippen LogP contribution in [0.4, 0.5) is 0 Å². The second-order valence-corrected chi connectivity index (χ2v) is 3.27. The molecule has 0 radical (unpaired) electrons. The van der Waals surface area contributed by atoms with Crippen LogP contribution in [0.15, 0.2) is 0 Å². The van der Waals surface area contributed by atoms with Crippen LogP contribution in [0.3, 0.4) is 0 Å². The summed E-state index contributed by atoms with van der Waals surface area (Å²) >= 11 is 0. The molecule has 0 bridgehead atoms.